The Morgan fingerprint density at radius 2 is 1.90 bits per heavy atom. The summed E-state index contributed by atoms with van der Waals surface area (Å²) in [6.07, 6.45) is 0.668. The molecule has 106 valence electrons. The first-order valence-corrected chi connectivity index (χ1v) is 6.43. The summed E-state index contributed by atoms with van der Waals surface area (Å²) in [7, 11) is 0. The van der Waals surface area contributed by atoms with Crippen LogP contribution in [0.5, 0.6) is 5.75 Å². The molecule has 0 amide bonds. The van der Waals surface area contributed by atoms with Crippen molar-refractivity contribution in [1.82, 2.24) is 0 Å². The minimum Gasteiger partial charge on any atom is -0.474 e. The molecule has 5 heteroatoms. The highest BCUT2D eigenvalue weighted by atomic mass is 19.1. The number of halogens is 1. The van der Waals surface area contributed by atoms with Gasteiger partial charge in [-0.2, -0.15) is 0 Å². The van der Waals surface area contributed by atoms with Gasteiger partial charge in [-0.25, -0.2) is 4.39 Å². The molecule has 1 heterocycles. The van der Waals surface area contributed by atoms with Gasteiger partial charge in [0, 0.05) is 17.2 Å². The highest BCUT2D eigenvalue weighted by Gasteiger charge is 2.33. The van der Waals surface area contributed by atoms with E-state index < -0.39 is 16.8 Å². The maximum Gasteiger partial charge on any atom is 0.291 e. The number of rotatable bonds is 2. The Kier molecular flexibility index (Phi) is 3.17. The van der Waals surface area contributed by atoms with E-state index in [1.165, 1.54) is 30.3 Å². The van der Waals surface area contributed by atoms with E-state index in [4.69, 9.17) is 4.74 Å². The normalized spacial score (nSPS) is 16.7. The monoisotopic (exact) mass is 285 g/mol. The topological polar surface area (TPSA) is 52.4 Å². The molecule has 0 fully saturated rings. The largest absolute Gasteiger partial charge is 0.474 e. The second kappa shape index (κ2) is 5.01. The Labute approximate surface area is 120 Å². The third-order valence-electron chi connectivity index (χ3n) is 3.37. The van der Waals surface area contributed by atoms with Crippen molar-refractivity contribution in [3.8, 4) is 5.75 Å². The molecule has 1 aliphatic heterocycles. The summed E-state index contributed by atoms with van der Waals surface area (Å²) in [5.41, 5.74) is 2.17. The molecular weight excluding hydrogens is 273 g/mol. The second-order valence-corrected chi connectivity index (χ2v) is 4.92. The smallest absolute Gasteiger partial charge is 0.291 e. The summed E-state index contributed by atoms with van der Waals surface area (Å²) in [5.74, 6) is 0.201. The van der Waals surface area contributed by atoms with Crippen molar-refractivity contribution in [2.24, 2.45) is 0 Å². The maximum absolute atomic E-state index is 13.0. The van der Waals surface area contributed by atoms with E-state index >= 15 is 0 Å². The summed E-state index contributed by atoms with van der Waals surface area (Å²) >= 11 is 0. The van der Waals surface area contributed by atoms with Gasteiger partial charge in [0.2, 0.25) is 6.10 Å². The number of nitro groups is 1. The van der Waals surface area contributed by atoms with Crippen molar-refractivity contribution in [2.75, 3.05) is 0 Å². The van der Waals surface area contributed by atoms with Gasteiger partial charge >= 0.3 is 0 Å². The minimum atomic E-state index is -0.838. The first kappa shape index (κ1) is 13.3. The van der Waals surface area contributed by atoms with Crippen LogP contribution in [0.25, 0.3) is 6.08 Å². The first-order valence-electron chi connectivity index (χ1n) is 6.43. The van der Waals surface area contributed by atoms with E-state index in [0.717, 1.165) is 5.56 Å². The number of aryl methyl sites for hydroxylation is 1. The molecule has 0 radical (unpaired) electrons. The number of benzene rings is 2. The fourth-order valence-electron chi connectivity index (χ4n) is 2.31. The summed E-state index contributed by atoms with van der Waals surface area (Å²) in [5, 5.41) is 11.3. The summed E-state index contributed by atoms with van der Waals surface area (Å²) in [6.45, 7) is 1.92. The van der Waals surface area contributed by atoms with Gasteiger partial charge < -0.3 is 4.74 Å². The van der Waals surface area contributed by atoms with Gasteiger partial charge in [0.15, 0.2) is 0 Å². The Balaban J connectivity index is 2.09. The van der Waals surface area contributed by atoms with Crippen molar-refractivity contribution in [1.29, 1.82) is 0 Å². The number of fused-ring (bicyclic) bond motifs is 1. The van der Waals surface area contributed by atoms with E-state index in [9.17, 15) is 14.5 Å². The van der Waals surface area contributed by atoms with Crippen LogP contribution in [0.2, 0.25) is 0 Å². The Hall–Kier alpha value is -2.69. The Morgan fingerprint density at radius 1 is 1.19 bits per heavy atom. The van der Waals surface area contributed by atoms with E-state index in [1.807, 2.05) is 19.1 Å². The molecule has 4 nitrogen and oxygen atoms in total. The summed E-state index contributed by atoms with van der Waals surface area (Å²) in [6, 6.07) is 11.0. The number of ether oxygens (including phenoxy) is 1. The Bertz CT molecular complexity index is 738. The molecule has 2 aromatic rings. The molecule has 21 heavy (non-hydrogen) atoms. The van der Waals surface area contributed by atoms with Crippen molar-refractivity contribution in [3.63, 3.8) is 0 Å². The predicted molar refractivity (Wildman–Crippen MR) is 75.9 cm³/mol. The van der Waals surface area contributed by atoms with Gasteiger partial charge in [0.25, 0.3) is 5.70 Å². The average Bonchev–Trinajstić information content (AvgIpc) is 2.46. The van der Waals surface area contributed by atoms with Crippen LogP contribution in [-0.2, 0) is 0 Å². The SMILES string of the molecule is Cc1ccc2c(c1)OC(c1ccc(F)cc1)C([N+](=O)[O-])=C2. The van der Waals surface area contributed by atoms with Crippen LogP contribution in [0.3, 0.4) is 0 Å². The van der Waals surface area contributed by atoms with Crippen molar-refractivity contribution < 1.29 is 14.1 Å². The van der Waals surface area contributed by atoms with E-state index in [1.54, 1.807) is 6.07 Å². The summed E-state index contributed by atoms with van der Waals surface area (Å²) in [4.78, 5) is 10.8. The zero-order valence-corrected chi connectivity index (χ0v) is 11.2. The van der Waals surface area contributed by atoms with E-state index in [-0.39, 0.29) is 5.70 Å². The fraction of sp³-hybridized carbons (Fsp3) is 0.125. The van der Waals surface area contributed by atoms with Crippen LogP contribution in [0, 0.1) is 22.9 Å². The van der Waals surface area contributed by atoms with Gasteiger partial charge in [0.1, 0.15) is 11.6 Å². The lowest BCUT2D eigenvalue weighted by molar-refractivity contribution is -0.434. The molecule has 1 atom stereocenters. The molecule has 0 saturated heterocycles. The number of hydrogen-bond donors (Lipinski definition) is 0. The van der Waals surface area contributed by atoms with E-state index in [2.05, 4.69) is 0 Å². The van der Waals surface area contributed by atoms with Gasteiger partial charge in [-0.3, -0.25) is 10.1 Å². The zero-order valence-electron chi connectivity index (χ0n) is 11.2. The highest BCUT2D eigenvalue weighted by molar-refractivity contribution is 5.63. The molecule has 0 N–H and O–H groups in total. The standard InChI is InChI=1S/C16H12FNO3/c1-10-2-3-12-9-14(18(19)20)16(21-15(12)8-10)11-4-6-13(17)7-5-11/h2-9,16H,1H3. The van der Waals surface area contributed by atoms with Crippen LogP contribution in [0.4, 0.5) is 4.39 Å². The molecule has 0 saturated carbocycles. The third-order valence-corrected chi connectivity index (χ3v) is 3.37. The lowest BCUT2D eigenvalue weighted by atomic mass is 10.0. The Morgan fingerprint density at radius 3 is 2.57 bits per heavy atom. The lowest BCUT2D eigenvalue weighted by Crippen LogP contribution is -2.19. The fourth-order valence-corrected chi connectivity index (χ4v) is 2.31. The summed E-state index contributed by atoms with van der Waals surface area (Å²) < 4.78 is 18.8. The van der Waals surface area contributed by atoms with Crippen molar-refractivity contribution in [2.45, 2.75) is 13.0 Å². The van der Waals surface area contributed by atoms with Gasteiger partial charge in [0.05, 0.1) is 4.92 Å². The molecule has 0 aliphatic carbocycles. The number of hydrogen-bond acceptors (Lipinski definition) is 3. The predicted octanol–water partition coefficient (Wildman–Crippen LogP) is 3.89. The molecule has 2 aromatic carbocycles. The molecule has 0 spiro atoms. The van der Waals surface area contributed by atoms with Crippen molar-refractivity contribution in [3.05, 3.63) is 80.8 Å². The average molecular weight is 285 g/mol. The van der Waals surface area contributed by atoms with Crippen LogP contribution >= 0.6 is 0 Å². The van der Waals surface area contributed by atoms with Gasteiger partial charge in [-0.05, 0) is 30.7 Å². The zero-order chi connectivity index (χ0) is 15.0. The van der Waals surface area contributed by atoms with Crippen LogP contribution < -0.4 is 4.74 Å². The number of nitrogens with zero attached hydrogens (tertiary/aromatic N) is 1. The minimum absolute atomic E-state index is 0.0574. The van der Waals surface area contributed by atoms with Crippen LogP contribution in [0.1, 0.15) is 22.8 Å². The first-order chi connectivity index (χ1) is 10.0. The molecule has 0 bridgehead atoms. The molecule has 1 unspecified atom stereocenters. The molecule has 0 aromatic heterocycles. The highest BCUT2D eigenvalue weighted by Crippen LogP contribution is 2.37. The molecule has 3 rings (SSSR count). The van der Waals surface area contributed by atoms with E-state index in [0.29, 0.717) is 16.9 Å². The molecule has 1 aliphatic rings. The second-order valence-electron chi connectivity index (χ2n) is 4.92. The lowest BCUT2D eigenvalue weighted by Gasteiger charge is -2.23. The van der Waals surface area contributed by atoms with Gasteiger partial charge in [-0.15, -0.1) is 0 Å². The maximum atomic E-state index is 13.0. The van der Waals surface area contributed by atoms with Crippen molar-refractivity contribution >= 4 is 6.08 Å². The molecular formula is C16H12FNO3. The van der Waals surface area contributed by atoms with Crippen LogP contribution in [-0.4, -0.2) is 4.92 Å². The van der Waals surface area contributed by atoms with Crippen LogP contribution in [0.15, 0.2) is 48.2 Å². The quantitative estimate of drug-likeness (QED) is 0.621. The third kappa shape index (κ3) is 2.50. The van der Waals surface area contributed by atoms with Gasteiger partial charge in [-0.1, -0.05) is 24.3 Å².